The van der Waals surface area contributed by atoms with Gasteiger partial charge in [-0.3, -0.25) is 4.98 Å². The van der Waals surface area contributed by atoms with E-state index in [9.17, 15) is 0 Å². The van der Waals surface area contributed by atoms with Crippen LogP contribution in [0.1, 0.15) is 32.4 Å². The summed E-state index contributed by atoms with van der Waals surface area (Å²) in [6.45, 7) is 7.72. The fraction of sp³-hybridized carbons (Fsp3) is 0.308. The van der Waals surface area contributed by atoms with Crippen LogP contribution in [-0.2, 0) is 0 Å². The number of ether oxygens (including phenoxy) is 1. The number of aromatic nitrogens is 4. The Hall–Kier alpha value is -3.54. The summed E-state index contributed by atoms with van der Waals surface area (Å²) in [5.74, 6) is 1.56. The van der Waals surface area contributed by atoms with E-state index in [1.807, 2.05) is 45.0 Å². The lowest BCUT2D eigenvalue weighted by Crippen LogP contribution is -2.41. The molecular formula is C26H29N5O. The second kappa shape index (κ2) is 10.2. The highest BCUT2D eigenvalue weighted by atomic mass is 16.5. The largest absolute Gasteiger partial charge is 0.471 e. The monoisotopic (exact) mass is 427 g/mol. The molecule has 0 unspecified atom stereocenters. The summed E-state index contributed by atoms with van der Waals surface area (Å²) in [4.78, 5) is 20.4. The van der Waals surface area contributed by atoms with E-state index in [0.29, 0.717) is 5.88 Å². The lowest BCUT2D eigenvalue weighted by molar-refractivity contribution is 0.172. The van der Waals surface area contributed by atoms with Crippen LogP contribution in [0.15, 0.2) is 67.1 Å². The van der Waals surface area contributed by atoms with Crippen LogP contribution in [0.4, 0.5) is 5.82 Å². The average molecular weight is 428 g/mol. The third-order valence-electron chi connectivity index (χ3n) is 5.40. The number of pyridine rings is 2. The van der Waals surface area contributed by atoms with E-state index in [0.717, 1.165) is 59.6 Å². The van der Waals surface area contributed by atoms with Crippen molar-refractivity contribution in [1.82, 2.24) is 19.9 Å². The number of aryl methyl sites for hydroxylation is 1. The summed E-state index contributed by atoms with van der Waals surface area (Å²) in [6.07, 6.45) is 7.23. The summed E-state index contributed by atoms with van der Waals surface area (Å²) in [7, 11) is 0. The Morgan fingerprint density at radius 3 is 2.66 bits per heavy atom. The van der Waals surface area contributed by atoms with E-state index < -0.39 is 0 Å². The highest BCUT2D eigenvalue weighted by Gasteiger charge is 2.24. The molecule has 0 saturated carbocycles. The normalized spacial score (nSPS) is 15.7. The maximum atomic E-state index is 6.36. The van der Waals surface area contributed by atoms with Gasteiger partial charge in [0.2, 0.25) is 5.88 Å². The van der Waals surface area contributed by atoms with E-state index in [4.69, 9.17) is 9.72 Å². The molecule has 0 spiro atoms. The average Bonchev–Trinajstić information content (AvgIpc) is 2.85. The SMILES string of the molecule is CC.Cc1cc(-c2nccnc2O[C@H]2CCCN(c3ccc4ccccc4n3)C2)ccn1. The van der Waals surface area contributed by atoms with Crippen molar-refractivity contribution in [2.45, 2.75) is 39.7 Å². The van der Waals surface area contributed by atoms with Crippen molar-refractivity contribution in [3.8, 4) is 17.1 Å². The minimum Gasteiger partial charge on any atom is -0.471 e. The second-order valence-corrected chi connectivity index (χ2v) is 7.59. The minimum atomic E-state index is 0.0328. The van der Waals surface area contributed by atoms with Crippen molar-refractivity contribution in [2.24, 2.45) is 0 Å². The van der Waals surface area contributed by atoms with Crippen molar-refractivity contribution < 1.29 is 4.74 Å². The number of benzene rings is 1. The van der Waals surface area contributed by atoms with Crippen LogP contribution in [0.3, 0.4) is 0 Å². The van der Waals surface area contributed by atoms with Crippen molar-refractivity contribution >= 4 is 16.7 Å². The summed E-state index contributed by atoms with van der Waals surface area (Å²) < 4.78 is 6.36. The molecule has 0 N–H and O–H groups in total. The molecule has 1 fully saturated rings. The Labute approximate surface area is 189 Å². The molecule has 4 aromatic rings. The highest BCUT2D eigenvalue weighted by molar-refractivity contribution is 5.80. The standard InChI is InChI=1S/C24H23N5O.C2H6/c1-17-15-19(10-11-25-17)23-24(27-13-12-26-23)30-20-6-4-14-29(16-20)22-9-8-18-5-2-3-7-21(18)28-22;1-2/h2-3,5,7-13,15,20H,4,6,14,16H2,1H3;1-2H3/t20-;/m0./s1. The van der Waals surface area contributed by atoms with E-state index in [1.54, 1.807) is 18.6 Å². The minimum absolute atomic E-state index is 0.0328. The van der Waals surface area contributed by atoms with Gasteiger partial charge in [0.1, 0.15) is 17.6 Å². The Bertz CT molecular complexity index is 1180. The fourth-order valence-electron chi connectivity index (χ4n) is 3.93. The maximum absolute atomic E-state index is 6.36. The molecule has 1 atom stereocenters. The quantitative estimate of drug-likeness (QED) is 0.430. The zero-order valence-corrected chi connectivity index (χ0v) is 18.9. The van der Waals surface area contributed by atoms with Crippen molar-refractivity contribution in [1.29, 1.82) is 0 Å². The van der Waals surface area contributed by atoms with Crippen LogP contribution in [0.5, 0.6) is 5.88 Å². The topological polar surface area (TPSA) is 64.0 Å². The number of nitrogens with zero attached hydrogens (tertiary/aromatic N) is 5. The molecule has 3 aromatic heterocycles. The van der Waals surface area contributed by atoms with Gasteiger partial charge >= 0.3 is 0 Å². The van der Waals surface area contributed by atoms with Crippen molar-refractivity contribution in [2.75, 3.05) is 18.0 Å². The van der Waals surface area contributed by atoms with Gasteiger partial charge in [-0.1, -0.05) is 32.0 Å². The first kappa shape index (κ1) is 21.7. The number of rotatable bonds is 4. The smallest absolute Gasteiger partial charge is 0.240 e. The van der Waals surface area contributed by atoms with Gasteiger partial charge in [0.05, 0.1) is 12.1 Å². The first-order valence-corrected chi connectivity index (χ1v) is 11.3. The predicted octanol–water partition coefficient (Wildman–Crippen LogP) is 5.47. The van der Waals surface area contributed by atoms with E-state index in [2.05, 4.69) is 44.1 Å². The molecule has 1 aromatic carbocycles. The second-order valence-electron chi connectivity index (χ2n) is 7.59. The van der Waals surface area contributed by atoms with Gasteiger partial charge < -0.3 is 9.64 Å². The molecule has 32 heavy (non-hydrogen) atoms. The molecule has 0 radical (unpaired) electrons. The first-order chi connectivity index (χ1) is 15.8. The van der Waals surface area contributed by atoms with Crippen molar-refractivity contribution in [3.05, 3.63) is 72.8 Å². The van der Waals surface area contributed by atoms with E-state index >= 15 is 0 Å². The Balaban J connectivity index is 0.00000119. The van der Waals surface area contributed by atoms with Crippen LogP contribution in [-0.4, -0.2) is 39.1 Å². The van der Waals surface area contributed by atoms with Crippen LogP contribution < -0.4 is 9.64 Å². The van der Waals surface area contributed by atoms with Gasteiger partial charge in [0.25, 0.3) is 0 Å². The number of piperidine rings is 1. The van der Waals surface area contributed by atoms with Gasteiger partial charge in [-0.25, -0.2) is 15.0 Å². The Kier molecular flexibility index (Phi) is 6.90. The summed E-state index contributed by atoms with van der Waals surface area (Å²) >= 11 is 0. The fourth-order valence-corrected chi connectivity index (χ4v) is 3.93. The number of fused-ring (bicyclic) bond motifs is 1. The van der Waals surface area contributed by atoms with Crippen LogP contribution >= 0.6 is 0 Å². The van der Waals surface area contributed by atoms with Gasteiger partial charge in [0.15, 0.2) is 0 Å². The van der Waals surface area contributed by atoms with Crippen LogP contribution in [0, 0.1) is 6.92 Å². The lowest BCUT2D eigenvalue weighted by Gasteiger charge is -2.33. The molecule has 164 valence electrons. The summed E-state index contributed by atoms with van der Waals surface area (Å²) in [5.41, 5.74) is 3.68. The molecule has 4 heterocycles. The Morgan fingerprint density at radius 1 is 0.938 bits per heavy atom. The molecule has 0 aliphatic carbocycles. The van der Waals surface area contributed by atoms with Gasteiger partial charge in [0, 0.05) is 41.8 Å². The zero-order chi connectivity index (χ0) is 22.3. The third kappa shape index (κ3) is 4.85. The van der Waals surface area contributed by atoms with Crippen molar-refractivity contribution in [3.63, 3.8) is 0 Å². The molecule has 6 nitrogen and oxygen atoms in total. The Morgan fingerprint density at radius 2 is 1.78 bits per heavy atom. The third-order valence-corrected chi connectivity index (χ3v) is 5.40. The van der Waals surface area contributed by atoms with Gasteiger partial charge in [-0.2, -0.15) is 0 Å². The molecule has 1 aliphatic rings. The number of anilines is 1. The molecule has 1 saturated heterocycles. The van der Waals surface area contributed by atoms with Crippen LogP contribution in [0.25, 0.3) is 22.2 Å². The highest BCUT2D eigenvalue weighted by Crippen LogP contribution is 2.29. The maximum Gasteiger partial charge on any atom is 0.240 e. The molecule has 1 aliphatic heterocycles. The molecule has 5 rings (SSSR count). The molecule has 0 amide bonds. The van der Waals surface area contributed by atoms with E-state index in [1.165, 1.54) is 0 Å². The van der Waals surface area contributed by atoms with Gasteiger partial charge in [-0.15, -0.1) is 0 Å². The molecule has 0 bridgehead atoms. The zero-order valence-electron chi connectivity index (χ0n) is 18.9. The predicted molar refractivity (Wildman–Crippen MR) is 129 cm³/mol. The number of hydrogen-bond donors (Lipinski definition) is 0. The number of para-hydroxylation sites is 1. The van der Waals surface area contributed by atoms with E-state index in [-0.39, 0.29) is 6.10 Å². The first-order valence-electron chi connectivity index (χ1n) is 11.3. The summed E-state index contributed by atoms with van der Waals surface area (Å²) in [5, 5.41) is 1.16. The number of hydrogen-bond acceptors (Lipinski definition) is 6. The van der Waals surface area contributed by atoms with Crippen LogP contribution in [0.2, 0.25) is 0 Å². The van der Waals surface area contributed by atoms with Gasteiger partial charge in [-0.05, 0) is 50.1 Å². The molecular weight excluding hydrogens is 398 g/mol. The lowest BCUT2D eigenvalue weighted by atomic mass is 10.1. The molecule has 6 heteroatoms. The summed E-state index contributed by atoms with van der Waals surface area (Å²) in [6, 6.07) is 16.4.